The molecule has 90 valence electrons. The second-order valence-electron chi connectivity index (χ2n) is 3.84. The van der Waals surface area contributed by atoms with Crippen molar-refractivity contribution in [3.63, 3.8) is 0 Å². The van der Waals surface area contributed by atoms with Crippen molar-refractivity contribution in [2.24, 2.45) is 0 Å². The van der Waals surface area contributed by atoms with Crippen LogP contribution >= 0.6 is 15.9 Å². The summed E-state index contributed by atoms with van der Waals surface area (Å²) in [6.45, 7) is 0. The Balaban J connectivity index is 2.20. The third kappa shape index (κ3) is 1.88. The standard InChI is InChI=1S/C14H10BrNO2/c1-17-10-7-11(15)13-12(8-10)16-14(18-13)9-5-3-2-4-6-9/h2-8H,1H3. The third-order valence-corrected chi connectivity index (χ3v) is 3.26. The van der Waals surface area contributed by atoms with Crippen molar-refractivity contribution >= 4 is 27.0 Å². The molecule has 0 N–H and O–H groups in total. The van der Waals surface area contributed by atoms with E-state index in [1.807, 2.05) is 42.5 Å². The number of ether oxygens (including phenoxy) is 1. The molecule has 0 bridgehead atoms. The van der Waals surface area contributed by atoms with Gasteiger partial charge in [-0.05, 0) is 34.1 Å². The number of hydrogen-bond acceptors (Lipinski definition) is 3. The summed E-state index contributed by atoms with van der Waals surface area (Å²) in [5, 5.41) is 0. The third-order valence-electron chi connectivity index (χ3n) is 2.67. The minimum Gasteiger partial charge on any atom is -0.497 e. The van der Waals surface area contributed by atoms with E-state index in [4.69, 9.17) is 9.15 Å². The van der Waals surface area contributed by atoms with Crippen LogP contribution in [0.15, 0.2) is 51.4 Å². The molecule has 0 unspecified atom stereocenters. The van der Waals surface area contributed by atoms with Crippen LogP contribution in [0.1, 0.15) is 0 Å². The van der Waals surface area contributed by atoms with Crippen LogP contribution in [0.3, 0.4) is 0 Å². The Bertz CT molecular complexity index is 692. The Kier molecular flexibility index (Phi) is 2.80. The summed E-state index contributed by atoms with van der Waals surface area (Å²) in [6, 6.07) is 13.5. The van der Waals surface area contributed by atoms with E-state index in [-0.39, 0.29) is 0 Å². The lowest BCUT2D eigenvalue weighted by Gasteiger charge is -1.98. The minimum atomic E-state index is 0.611. The number of fused-ring (bicyclic) bond motifs is 1. The molecule has 0 spiro atoms. The number of halogens is 1. The Morgan fingerprint density at radius 2 is 1.94 bits per heavy atom. The summed E-state index contributed by atoms with van der Waals surface area (Å²) in [4.78, 5) is 4.48. The van der Waals surface area contributed by atoms with Crippen molar-refractivity contribution in [3.05, 3.63) is 46.9 Å². The van der Waals surface area contributed by atoms with Crippen molar-refractivity contribution in [1.29, 1.82) is 0 Å². The Morgan fingerprint density at radius 3 is 2.67 bits per heavy atom. The van der Waals surface area contributed by atoms with Crippen LogP contribution in [-0.2, 0) is 0 Å². The summed E-state index contributed by atoms with van der Waals surface area (Å²) < 4.78 is 11.8. The molecule has 3 aromatic rings. The van der Waals surface area contributed by atoms with Gasteiger partial charge in [0, 0.05) is 11.6 Å². The van der Waals surface area contributed by atoms with Gasteiger partial charge in [0.25, 0.3) is 0 Å². The molecule has 0 aliphatic rings. The van der Waals surface area contributed by atoms with Gasteiger partial charge in [0.15, 0.2) is 5.58 Å². The highest BCUT2D eigenvalue weighted by molar-refractivity contribution is 9.10. The number of nitrogens with zero attached hydrogens (tertiary/aromatic N) is 1. The van der Waals surface area contributed by atoms with Crippen molar-refractivity contribution < 1.29 is 9.15 Å². The van der Waals surface area contributed by atoms with Gasteiger partial charge in [-0.1, -0.05) is 18.2 Å². The smallest absolute Gasteiger partial charge is 0.227 e. The predicted octanol–water partition coefficient (Wildman–Crippen LogP) is 4.27. The fourth-order valence-electron chi connectivity index (χ4n) is 1.79. The Morgan fingerprint density at radius 1 is 1.17 bits per heavy atom. The van der Waals surface area contributed by atoms with E-state index < -0.39 is 0 Å². The second kappa shape index (κ2) is 4.46. The van der Waals surface area contributed by atoms with E-state index in [2.05, 4.69) is 20.9 Å². The molecule has 18 heavy (non-hydrogen) atoms. The predicted molar refractivity (Wildman–Crippen MR) is 73.7 cm³/mol. The highest BCUT2D eigenvalue weighted by Crippen LogP contribution is 2.32. The van der Waals surface area contributed by atoms with Gasteiger partial charge < -0.3 is 9.15 Å². The van der Waals surface area contributed by atoms with Crippen LogP contribution in [0.5, 0.6) is 5.75 Å². The number of hydrogen-bond donors (Lipinski definition) is 0. The van der Waals surface area contributed by atoms with Crippen LogP contribution in [0, 0.1) is 0 Å². The van der Waals surface area contributed by atoms with Crippen LogP contribution < -0.4 is 4.74 Å². The van der Waals surface area contributed by atoms with E-state index in [0.29, 0.717) is 5.89 Å². The van der Waals surface area contributed by atoms with Gasteiger partial charge in [0.2, 0.25) is 5.89 Å². The molecule has 3 rings (SSSR count). The summed E-state index contributed by atoms with van der Waals surface area (Å²) in [7, 11) is 1.63. The molecule has 2 aromatic carbocycles. The molecule has 0 amide bonds. The number of oxazole rings is 1. The number of methoxy groups -OCH3 is 1. The molecule has 0 saturated carbocycles. The van der Waals surface area contributed by atoms with Crippen LogP contribution in [0.25, 0.3) is 22.6 Å². The fourth-order valence-corrected chi connectivity index (χ4v) is 2.30. The maximum Gasteiger partial charge on any atom is 0.227 e. The van der Waals surface area contributed by atoms with Gasteiger partial charge in [0.1, 0.15) is 11.3 Å². The molecule has 0 fully saturated rings. The molecule has 0 radical (unpaired) electrons. The van der Waals surface area contributed by atoms with E-state index in [9.17, 15) is 0 Å². The van der Waals surface area contributed by atoms with Crippen LogP contribution in [0.4, 0.5) is 0 Å². The molecule has 1 heterocycles. The van der Waals surface area contributed by atoms with Crippen molar-refractivity contribution in [2.45, 2.75) is 0 Å². The number of rotatable bonds is 2. The molecule has 0 aliphatic carbocycles. The van der Waals surface area contributed by atoms with Gasteiger partial charge in [0.05, 0.1) is 11.6 Å². The van der Waals surface area contributed by atoms with Crippen LogP contribution in [-0.4, -0.2) is 12.1 Å². The van der Waals surface area contributed by atoms with E-state index in [1.165, 1.54) is 0 Å². The van der Waals surface area contributed by atoms with Crippen molar-refractivity contribution in [1.82, 2.24) is 4.98 Å². The zero-order valence-electron chi connectivity index (χ0n) is 9.68. The van der Waals surface area contributed by atoms with Gasteiger partial charge in [-0.2, -0.15) is 0 Å². The Hall–Kier alpha value is -1.81. The normalized spacial score (nSPS) is 10.8. The van der Waals surface area contributed by atoms with Gasteiger partial charge >= 0.3 is 0 Å². The van der Waals surface area contributed by atoms with Gasteiger partial charge in [-0.3, -0.25) is 0 Å². The Labute approximate surface area is 113 Å². The minimum absolute atomic E-state index is 0.611. The second-order valence-corrected chi connectivity index (χ2v) is 4.70. The number of benzene rings is 2. The lowest BCUT2D eigenvalue weighted by Crippen LogP contribution is -1.82. The van der Waals surface area contributed by atoms with Crippen LogP contribution in [0.2, 0.25) is 0 Å². The zero-order chi connectivity index (χ0) is 12.5. The maximum absolute atomic E-state index is 5.77. The molecule has 0 aliphatic heterocycles. The summed E-state index contributed by atoms with van der Waals surface area (Å²) in [5.74, 6) is 1.36. The first kappa shape index (κ1) is 11.3. The first-order chi connectivity index (χ1) is 8.78. The van der Waals surface area contributed by atoms with Crippen molar-refractivity contribution in [3.8, 4) is 17.2 Å². The summed E-state index contributed by atoms with van der Waals surface area (Å²) >= 11 is 3.46. The average molecular weight is 304 g/mol. The topological polar surface area (TPSA) is 35.3 Å². The zero-order valence-corrected chi connectivity index (χ0v) is 11.3. The highest BCUT2D eigenvalue weighted by atomic mass is 79.9. The van der Waals surface area contributed by atoms with E-state index in [1.54, 1.807) is 7.11 Å². The van der Waals surface area contributed by atoms with Gasteiger partial charge in [-0.15, -0.1) is 0 Å². The highest BCUT2D eigenvalue weighted by Gasteiger charge is 2.12. The maximum atomic E-state index is 5.77. The SMILES string of the molecule is COc1cc(Br)c2oc(-c3ccccc3)nc2c1. The summed E-state index contributed by atoms with van der Waals surface area (Å²) in [5.41, 5.74) is 2.47. The quantitative estimate of drug-likeness (QED) is 0.709. The van der Waals surface area contributed by atoms with E-state index >= 15 is 0 Å². The molecule has 3 nitrogen and oxygen atoms in total. The first-order valence-corrected chi connectivity index (χ1v) is 6.27. The first-order valence-electron chi connectivity index (χ1n) is 5.47. The fraction of sp³-hybridized carbons (Fsp3) is 0.0714. The molecule has 4 heteroatoms. The largest absolute Gasteiger partial charge is 0.497 e. The lowest BCUT2D eigenvalue weighted by atomic mass is 10.2. The van der Waals surface area contributed by atoms with Gasteiger partial charge in [-0.25, -0.2) is 4.98 Å². The van der Waals surface area contributed by atoms with E-state index in [0.717, 1.165) is 26.9 Å². The lowest BCUT2D eigenvalue weighted by molar-refractivity contribution is 0.415. The molecule has 0 atom stereocenters. The average Bonchev–Trinajstić information content (AvgIpc) is 2.84. The van der Waals surface area contributed by atoms with Crippen molar-refractivity contribution in [2.75, 3.05) is 7.11 Å². The monoisotopic (exact) mass is 303 g/mol. The molecular formula is C14H10BrNO2. The molecular weight excluding hydrogens is 294 g/mol. The molecule has 1 aromatic heterocycles. The summed E-state index contributed by atoms with van der Waals surface area (Å²) in [6.07, 6.45) is 0. The molecule has 0 saturated heterocycles. The number of aromatic nitrogens is 1.